The molecule has 0 atom stereocenters. The second-order valence-electron chi connectivity index (χ2n) is 7.84. The number of hydrogen-bond donors (Lipinski definition) is 1. The minimum absolute atomic E-state index is 0.0567. The summed E-state index contributed by atoms with van der Waals surface area (Å²) in [6.07, 6.45) is 3.25. The Bertz CT molecular complexity index is 1400. The maximum atomic E-state index is 13.8. The van der Waals surface area contributed by atoms with Crippen LogP contribution in [0.4, 0.5) is 15.9 Å². The number of pyridine rings is 1. The summed E-state index contributed by atoms with van der Waals surface area (Å²) in [5, 5.41) is 2.64. The average Bonchev–Trinajstić information content (AvgIpc) is 3.28. The summed E-state index contributed by atoms with van der Waals surface area (Å²) >= 11 is 0. The van der Waals surface area contributed by atoms with Crippen LogP contribution in [-0.4, -0.2) is 54.2 Å². The molecule has 2 aromatic carbocycles. The number of halogens is 1. The highest BCUT2D eigenvalue weighted by Gasteiger charge is 2.19. The lowest BCUT2D eigenvalue weighted by molar-refractivity contribution is -0.119. The van der Waals surface area contributed by atoms with Crippen molar-refractivity contribution < 1.29 is 23.5 Å². The standard InChI is InChI=1S/C25H24FN5O4/c1-15-9-16(25(33)30(2)17-5-7-19(26)21(11-17)35-4)10-20-24(15)28-14-31(20)18-6-8-22(27-12-18)29-23(32)13-34-3/h5-12,14H,13H2,1-4H3,(H,27,29,32). The molecule has 0 aliphatic heterocycles. The van der Waals surface area contributed by atoms with Crippen molar-refractivity contribution in [2.24, 2.45) is 0 Å². The number of aryl methyl sites for hydroxylation is 1. The number of aromatic nitrogens is 3. The number of imidazole rings is 1. The molecule has 35 heavy (non-hydrogen) atoms. The van der Waals surface area contributed by atoms with Gasteiger partial charge in [-0.3, -0.25) is 14.2 Å². The van der Waals surface area contributed by atoms with Gasteiger partial charge >= 0.3 is 0 Å². The van der Waals surface area contributed by atoms with Crippen molar-refractivity contribution in [3.05, 3.63) is 71.9 Å². The van der Waals surface area contributed by atoms with Gasteiger partial charge in [-0.2, -0.15) is 0 Å². The molecular weight excluding hydrogens is 453 g/mol. The number of hydrogen-bond acceptors (Lipinski definition) is 6. The molecule has 4 rings (SSSR count). The Morgan fingerprint density at radius 1 is 1.11 bits per heavy atom. The van der Waals surface area contributed by atoms with Crippen molar-refractivity contribution >= 4 is 34.4 Å². The Morgan fingerprint density at radius 2 is 1.91 bits per heavy atom. The Morgan fingerprint density at radius 3 is 2.60 bits per heavy atom. The summed E-state index contributed by atoms with van der Waals surface area (Å²) in [6.45, 7) is 1.81. The molecule has 4 aromatic rings. The molecule has 180 valence electrons. The summed E-state index contributed by atoms with van der Waals surface area (Å²) in [5.41, 5.74) is 3.93. The molecule has 0 fully saturated rings. The third kappa shape index (κ3) is 4.82. The maximum Gasteiger partial charge on any atom is 0.258 e. The van der Waals surface area contributed by atoms with E-state index in [-0.39, 0.29) is 24.2 Å². The highest BCUT2D eigenvalue weighted by atomic mass is 19.1. The van der Waals surface area contributed by atoms with Crippen LogP contribution < -0.4 is 15.0 Å². The topological polar surface area (TPSA) is 98.6 Å². The van der Waals surface area contributed by atoms with Gasteiger partial charge in [-0.1, -0.05) is 0 Å². The van der Waals surface area contributed by atoms with Crippen LogP contribution in [0.2, 0.25) is 0 Å². The molecule has 10 heteroatoms. The lowest BCUT2D eigenvalue weighted by Crippen LogP contribution is -2.26. The van der Waals surface area contributed by atoms with Crippen molar-refractivity contribution in [1.29, 1.82) is 0 Å². The van der Waals surface area contributed by atoms with Gasteiger partial charge in [-0.05, 0) is 48.9 Å². The zero-order valence-electron chi connectivity index (χ0n) is 19.7. The van der Waals surface area contributed by atoms with Crippen LogP contribution in [0.1, 0.15) is 15.9 Å². The highest BCUT2D eigenvalue weighted by Crippen LogP contribution is 2.27. The number of nitrogens with zero attached hydrogens (tertiary/aromatic N) is 4. The molecule has 2 heterocycles. The van der Waals surface area contributed by atoms with Gasteiger partial charge in [0.1, 0.15) is 18.8 Å². The van der Waals surface area contributed by atoms with Gasteiger partial charge in [-0.15, -0.1) is 0 Å². The number of rotatable bonds is 7. The number of carbonyl (C=O) groups is 2. The summed E-state index contributed by atoms with van der Waals surface area (Å²) in [7, 11) is 4.43. The first-order valence-electron chi connectivity index (χ1n) is 10.7. The van der Waals surface area contributed by atoms with E-state index in [2.05, 4.69) is 15.3 Å². The number of benzene rings is 2. The molecule has 0 saturated heterocycles. The molecule has 9 nitrogen and oxygen atoms in total. The van der Waals surface area contributed by atoms with Crippen molar-refractivity contribution in [2.75, 3.05) is 38.1 Å². The molecule has 0 bridgehead atoms. The van der Waals surface area contributed by atoms with Crippen molar-refractivity contribution in [2.45, 2.75) is 6.92 Å². The molecule has 2 aromatic heterocycles. The van der Waals surface area contributed by atoms with Gasteiger partial charge in [0.25, 0.3) is 11.8 Å². The van der Waals surface area contributed by atoms with Gasteiger partial charge in [0.15, 0.2) is 11.6 Å². The first kappa shape index (κ1) is 23.8. The molecule has 0 aliphatic rings. The van der Waals surface area contributed by atoms with E-state index in [0.717, 1.165) is 16.6 Å². The van der Waals surface area contributed by atoms with E-state index in [1.54, 1.807) is 43.8 Å². The normalized spacial score (nSPS) is 10.9. The molecule has 0 saturated carbocycles. The second kappa shape index (κ2) is 9.90. The Labute approximate surface area is 201 Å². The van der Waals surface area contributed by atoms with Crippen LogP contribution in [0.3, 0.4) is 0 Å². The summed E-state index contributed by atoms with van der Waals surface area (Å²) in [5.74, 6) is -0.630. The van der Waals surface area contributed by atoms with Gasteiger partial charge in [0.05, 0.1) is 30.0 Å². The zero-order chi connectivity index (χ0) is 25.1. The van der Waals surface area contributed by atoms with E-state index in [9.17, 15) is 14.0 Å². The molecule has 0 unspecified atom stereocenters. The number of nitrogens with one attached hydrogen (secondary N) is 1. The van der Waals surface area contributed by atoms with Crippen LogP contribution in [0, 0.1) is 12.7 Å². The summed E-state index contributed by atoms with van der Waals surface area (Å²) in [4.78, 5) is 35.2. The third-order valence-corrected chi connectivity index (χ3v) is 5.48. The Hall–Kier alpha value is -4.31. The maximum absolute atomic E-state index is 13.8. The first-order chi connectivity index (χ1) is 16.8. The molecular formula is C25H24FN5O4. The van der Waals surface area contributed by atoms with Gasteiger partial charge in [-0.25, -0.2) is 14.4 Å². The number of methoxy groups -OCH3 is 2. The molecule has 0 radical (unpaired) electrons. The fourth-order valence-corrected chi connectivity index (χ4v) is 3.70. The van der Waals surface area contributed by atoms with E-state index < -0.39 is 5.82 Å². The quantitative estimate of drug-likeness (QED) is 0.436. The fourth-order valence-electron chi connectivity index (χ4n) is 3.70. The predicted molar refractivity (Wildman–Crippen MR) is 130 cm³/mol. The monoisotopic (exact) mass is 477 g/mol. The molecule has 0 aliphatic carbocycles. The van der Waals surface area contributed by atoms with Crippen LogP contribution >= 0.6 is 0 Å². The van der Waals surface area contributed by atoms with Crippen molar-refractivity contribution in [3.63, 3.8) is 0 Å². The number of amides is 2. The SMILES string of the molecule is COCC(=O)Nc1ccc(-n2cnc3c(C)cc(C(=O)N(C)c4ccc(F)c(OC)c4)cc32)cn1. The van der Waals surface area contributed by atoms with Gasteiger partial charge < -0.3 is 19.7 Å². The largest absolute Gasteiger partial charge is 0.494 e. The average molecular weight is 477 g/mol. The Kier molecular flexibility index (Phi) is 6.74. The van der Waals surface area contributed by atoms with E-state index in [1.807, 2.05) is 11.5 Å². The predicted octanol–water partition coefficient (Wildman–Crippen LogP) is 3.74. The highest BCUT2D eigenvalue weighted by molar-refractivity contribution is 6.07. The molecule has 1 N–H and O–H groups in total. The van der Waals surface area contributed by atoms with Crippen LogP contribution in [0.5, 0.6) is 5.75 Å². The number of ether oxygens (including phenoxy) is 2. The molecule has 0 spiro atoms. The number of anilines is 2. The van der Waals surface area contributed by atoms with Gasteiger partial charge in [0.2, 0.25) is 0 Å². The smallest absolute Gasteiger partial charge is 0.258 e. The van der Waals surface area contributed by atoms with Crippen molar-refractivity contribution in [1.82, 2.24) is 14.5 Å². The lowest BCUT2D eigenvalue weighted by Gasteiger charge is -2.19. The minimum atomic E-state index is -0.504. The Balaban J connectivity index is 1.66. The van der Waals surface area contributed by atoms with E-state index in [0.29, 0.717) is 22.8 Å². The zero-order valence-corrected chi connectivity index (χ0v) is 19.7. The van der Waals surface area contributed by atoms with Crippen molar-refractivity contribution in [3.8, 4) is 11.4 Å². The minimum Gasteiger partial charge on any atom is -0.494 e. The lowest BCUT2D eigenvalue weighted by atomic mass is 10.1. The summed E-state index contributed by atoms with van der Waals surface area (Å²) < 4.78 is 25.5. The van der Waals surface area contributed by atoms with Crippen LogP contribution in [0.15, 0.2) is 55.0 Å². The summed E-state index contributed by atoms with van der Waals surface area (Å²) in [6, 6.07) is 11.2. The van der Waals surface area contributed by atoms with Gasteiger partial charge in [0, 0.05) is 31.5 Å². The first-order valence-corrected chi connectivity index (χ1v) is 10.7. The molecule has 2 amide bonds. The second-order valence-corrected chi connectivity index (χ2v) is 7.84. The van der Waals surface area contributed by atoms with Crippen LogP contribution in [-0.2, 0) is 9.53 Å². The van der Waals surface area contributed by atoms with Crippen LogP contribution in [0.25, 0.3) is 16.7 Å². The number of carbonyl (C=O) groups excluding carboxylic acids is 2. The van der Waals surface area contributed by atoms with E-state index in [4.69, 9.17) is 9.47 Å². The third-order valence-electron chi connectivity index (χ3n) is 5.48. The van der Waals surface area contributed by atoms with E-state index >= 15 is 0 Å². The van der Waals surface area contributed by atoms with E-state index in [1.165, 1.54) is 37.3 Å². The fraction of sp³-hybridized carbons (Fsp3) is 0.200. The number of fused-ring (bicyclic) bond motifs is 1.